The smallest absolute Gasteiger partial charge is 0.322 e. The zero-order chi connectivity index (χ0) is 20.9. The molecule has 6 nitrogen and oxygen atoms in total. The summed E-state index contributed by atoms with van der Waals surface area (Å²) in [5.41, 5.74) is 2.01. The van der Waals surface area contributed by atoms with Crippen molar-refractivity contribution in [3.8, 4) is 5.75 Å². The van der Waals surface area contributed by atoms with E-state index in [9.17, 15) is 4.79 Å². The highest BCUT2D eigenvalue weighted by Crippen LogP contribution is 2.28. The monoisotopic (exact) mass is 409 g/mol. The molecule has 2 aliphatic heterocycles. The molecule has 2 aromatic rings. The van der Waals surface area contributed by atoms with Crippen LogP contribution in [0.2, 0.25) is 0 Å². The number of rotatable bonds is 5. The topological polar surface area (TPSA) is 54.0 Å². The Morgan fingerprint density at radius 2 is 1.83 bits per heavy atom. The van der Waals surface area contributed by atoms with E-state index in [0.717, 1.165) is 26.1 Å². The van der Waals surface area contributed by atoms with Gasteiger partial charge in [-0.15, -0.1) is 0 Å². The lowest BCUT2D eigenvalue weighted by Gasteiger charge is -2.44. The normalized spacial score (nSPS) is 24.6. The molecule has 160 valence electrons. The highest BCUT2D eigenvalue weighted by atomic mass is 16.5. The number of amides is 2. The van der Waals surface area contributed by atoms with Crippen molar-refractivity contribution >= 4 is 11.7 Å². The van der Waals surface area contributed by atoms with Gasteiger partial charge in [0.1, 0.15) is 11.9 Å². The summed E-state index contributed by atoms with van der Waals surface area (Å²) in [6.07, 6.45) is 0.920. The maximum absolute atomic E-state index is 13.1. The van der Waals surface area contributed by atoms with Crippen molar-refractivity contribution < 1.29 is 14.3 Å². The van der Waals surface area contributed by atoms with E-state index in [2.05, 4.69) is 48.3 Å². The van der Waals surface area contributed by atoms with Crippen LogP contribution in [-0.4, -0.2) is 60.3 Å². The van der Waals surface area contributed by atoms with Gasteiger partial charge in [0.15, 0.2) is 0 Å². The molecule has 4 rings (SSSR count). The van der Waals surface area contributed by atoms with Crippen LogP contribution >= 0.6 is 0 Å². The number of ether oxygens (including phenoxy) is 2. The van der Waals surface area contributed by atoms with E-state index in [1.54, 1.807) is 0 Å². The quantitative estimate of drug-likeness (QED) is 0.812. The van der Waals surface area contributed by atoms with Crippen LogP contribution in [0.15, 0.2) is 54.6 Å². The van der Waals surface area contributed by atoms with Crippen LogP contribution in [0.5, 0.6) is 5.75 Å². The Morgan fingerprint density at radius 1 is 1.07 bits per heavy atom. The molecule has 6 heteroatoms. The third-order valence-corrected chi connectivity index (χ3v) is 5.91. The molecule has 0 spiro atoms. The summed E-state index contributed by atoms with van der Waals surface area (Å²) in [5, 5.41) is 3.07. The lowest BCUT2D eigenvalue weighted by molar-refractivity contribution is 0.0626. The van der Waals surface area contributed by atoms with Crippen molar-refractivity contribution in [1.82, 2.24) is 9.80 Å². The van der Waals surface area contributed by atoms with Crippen LogP contribution in [0.25, 0.3) is 0 Å². The minimum absolute atomic E-state index is 0.0449. The number of hydrogen-bond acceptors (Lipinski definition) is 4. The number of hydrogen-bond donors (Lipinski definition) is 1. The van der Waals surface area contributed by atoms with Gasteiger partial charge in [-0.1, -0.05) is 42.5 Å². The van der Waals surface area contributed by atoms with E-state index in [1.165, 1.54) is 5.56 Å². The summed E-state index contributed by atoms with van der Waals surface area (Å²) >= 11 is 0. The SMILES string of the molecule is C[C@@H]1CN(C(=O)Nc2ccccc2O[C@H]2CCOC2)[C@@H](C)CN1Cc1ccccc1. The van der Waals surface area contributed by atoms with Crippen molar-refractivity contribution in [1.29, 1.82) is 0 Å². The predicted octanol–water partition coefficient (Wildman–Crippen LogP) is 3.98. The van der Waals surface area contributed by atoms with Gasteiger partial charge in [0.05, 0.1) is 18.9 Å². The van der Waals surface area contributed by atoms with E-state index in [4.69, 9.17) is 9.47 Å². The van der Waals surface area contributed by atoms with Crippen LogP contribution < -0.4 is 10.1 Å². The fourth-order valence-electron chi connectivity index (χ4n) is 4.16. The molecule has 2 fully saturated rings. The maximum atomic E-state index is 13.1. The molecule has 0 aromatic heterocycles. The van der Waals surface area contributed by atoms with E-state index < -0.39 is 0 Å². The Balaban J connectivity index is 1.38. The Morgan fingerprint density at radius 3 is 2.60 bits per heavy atom. The molecule has 2 heterocycles. The lowest BCUT2D eigenvalue weighted by Crippen LogP contribution is -2.58. The molecule has 2 saturated heterocycles. The van der Waals surface area contributed by atoms with E-state index in [-0.39, 0.29) is 24.2 Å². The van der Waals surface area contributed by atoms with Gasteiger partial charge in [0.2, 0.25) is 0 Å². The Bertz CT molecular complexity index is 839. The summed E-state index contributed by atoms with van der Waals surface area (Å²) in [6.45, 7) is 8.07. The third kappa shape index (κ3) is 4.94. The van der Waals surface area contributed by atoms with Crippen molar-refractivity contribution in [3.05, 3.63) is 60.2 Å². The molecule has 0 radical (unpaired) electrons. The molecule has 0 unspecified atom stereocenters. The van der Waals surface area contributed by atoms with Gasteiger partial charge in [0, 0.05) is 38.1 Å². The summed E-state index contributed by atoms with van der Waals surface area (Å²) in [5.74, 6) is 0.699. The summed E-state index contributed by atoms with van der Waals surface area (Å²) in [7, 11) is 0. The fourth-order valence-corrected chi connectivity index (χ4v) is 4.16. The zero-order valence-corrected chi connectivity index (χ0v) is 17.8. The molecule has 2 amide bonds. The summed E-state index contributed by atoms with van der Waals surface area (Å²) in [4.78, 5) is 17.5. The molecular weight excluding hydrogens is 378 g/mol. The minimum atomic E-state index is -0.0765. The van der Waals surface area contributed by atoms with E-state index in [1.807, 2.05) is 35.2 Å². The van der Waals surface area contributed by atoms with Crippen LogP contribution in [0.1, 0.15) is 25.8 Å². The molecule has 3 atom stereocenters. The fraction of sp³-hybridized carbons (Fsp3) is 0.458. The molecular formula is C24H31N3O3. The van der Waals surface area contributed by atoms with Gasteiger partial charge in [-0.3, -0.25) is 4.90 Å². The van der Waals surface area contributed by atoms with Gasteiger partial charge >= 0.3 is 6.03 Å². The molecule has 0 saturated carbocycles. The number of carbonyl (C=O) groups is 1. The van der Waals surface area contributed by atoms with Gasteiger partial charge < -0.3 is 19.7 Å². The second-order valence-electron chi connectivity index (χ2n) is 8.30. The highest BCUT2D eigenvalue weighted by molar-refractivity contribution is 5.91. The first-order chi connectivity index (χ1) is 14.6. The van der Waals surface area contributed by atoms with Crippen LogP contribution in [0.3, 0.4) is 0 Å². The molecule has 0 aliphatic carbocycles. The van der Waals surface area contributed by atoms with Gasteiger partial charge in [0.25, 0.3) is 0 Å². The number of carbonyl (C=O) groups excluding carboxylic acids is 1. The van der Waals surface area contributed by atoms with Crippen molar-refractivity contribution in [2.24, 2.45) is 0 Å². The number of nitrogens with zero attached hydrogens (tertiary/aromatic N) is 2. The number of nitrogens with one attached hydrogen (secondary N) is 1. The van der Waals surface area contributed by atoms with Crippen molar-refractivity contribution in [2.75, 3.05) is 31.6 Å². The Kier molecular flexibility index (Phi) is 6.55. The zero-order valence-electron chi connectivity index (χ0n) is 17.8. The molecule has 2 aliphatic rings. The first-order valence-electron chi connectivity index (χ1n) is 10.8. The van der Waals surface area contributed by atoms with Gasteiger partial charge in [-0.05, 0) is 31.5 Å². The number of urea groups is 1. The van der Waals surface area contributed by atoms with Gasteiger partial charge in [-0.2, -0.15) is 0 Å². The number of benzene rings is 2. The minimum Gasteiger partial charge on any atom is -0.486 e. The van der Waals surface area contributed by atoms with Crippen molar-refractivity contribution in [2.45, 2.75) is 45.0 Å². The standard InChI is InChI=1S/C24H31N3O3/c1-18-15-27(19(2)14-26(18)16-20-8-4-3-5-9-20)24(28)25-22-10-6-7-11-23(22)30-21-12-13-29-17-21/h3-11,18-19,21H,12-17H2,1-2H3,(H,25,28)/t18-,19+,21+/m1/s1. The Labute approximate surface area is 178 Å². The average molecular weight is 410 g/mol. The van der Waals surface area contributed by atoms with Gasteiger partial charge in [-0.25, -0.2) is 4.79 Å². The van der Waals surface area contributed by atoms with Crippen LogP contribution in [-0.2, 0) is 11.3 Å². The number of para-hydroxylation sites is 2. The largest absolute Gasteiger partial charge is 0.486 e. The Hall–Kier alpha value is -2.57. The third-order valence-electron chi connectivity index (χ3n) is 5.91. The van der Waals surface area contributed by atoms with Crippen LogP contribution in [0.4, 0.5) is 10.5 Å². The maximum Gasteiger partial charge on any atom is 0.322 e. The van der Waals surface area contributed by atoms with Crippen LogP contribution in [0, 0.1) is 0 Å². The molecule has 30 heavy (non-hydrogen) atoms. The van der Waals surface area contributed by atoms with E-state index >= 15 is 0 Å². The summed E-state index contributed by atoms with van der Waals surface area (Å²) in [6, 6.07) is 18.5. The number of anilines is 1. The first-order valence-corrected chi connectivity index (χ1v) is 10.8. The van der Waals surface area contributed by atoms with E-state index in [0.29, 0.717) is 24.6 Å². The second kappa shape index (κ2) is 9.49. The second-order valence-corrected chi connectivity index (χ2v) is 8.30. The molecule has 0 bridgehead atoms. The first kappa shape index (κ1) is 20.7. The predicted molar refractivity (Wildman–Crippen MR) is 118 cm³/mol. The average Bonchev–Trinajstić information content (AvgIpc) is 3.26. The molecule has 1 N–H and O–H groups in total. The van der Waals surface area contributed by atoms with Crippen molar-refractivity contribution in [3.63, 3.8) is 0 Å². The number of piperazine rings is 1. The highest BCUT2D eigenvalue weighted by Gasteiger charge is 2.32. The lowest BCUT2D eigenvalue weighted by atomic mass is 10.1. The molecule has 2 aromatic carbocycles. The summed E-state index contributed by atoms with van der Waals surface area (Å²) < 4.78 is 11.5.